The quantitative estimate of drug-likeness (QED) is 0.861. The first-order valence-electron chi connectivity index (χ1n) is 6.94. The van der Waals surface area contributed by atoms with Gasteiger partial charge in [0.1, 0.15) is 0 Å². The highest BCUT2D eigenvalue weighted by Crippen LogP contribution is 2.27. The lowest BCUT2D eigenvalue weighted by atomic mass is 10.2. The molecule has 0 radical (unpaired) electrons. The molecule has 1 amide bonds. The van der Waals surface area contributed by atoms with Crippen LogP contribution in [-0.4, -0.2) is 30.9 Å². The van der Waals surface area contributed by atoms with Crippen LogP contribution in [0.15, 0.2) is 36.4 Å². The fourth-order valence-corrected chi connectivity index (χ4v) is 3.84. The van der Waals surface area contributed by atoms with Gasteiger partial charge in [-0.2, -0.15) is 0 Å². The van der Waals surface area contributed by atoms with Gasteiger partial charge >= 0.3 is 0 Å². The van der Waals surface area contributed by atoms with Crippen molar-refractivity contribution in [2.24, 2.45) is 0 Å². The maximum absolute atomic E-state index is 12.5. The summed E-state index contributed by atoms with van der Waals surface area (Å²) in [6.07, 6.45) is 0.951. The molecule has 1 aliphatic rings. The number of fused-ring (bicyclic) bond motifs is 1. The summed E-state index contributed by atoms with van der Waals surface area (Å²) < 4.78 is 0.790. The van der Waals surface area contributed by atoms with Crippen LogP contribution in [0.1, 0.15) is 10.4 Å². The van der Waals surface area contributed by atoms with Gasteiger partial charge in [0, 0.05) is 23.7 Å². The lowest BCUT2D eigenvalue weighted by Gasteiger charge is -2.21. The smallest absolute Gasteiger partial charge is 0.241 e. The summed E-state index contributed by atoms with van der Waals surface area (Å²) in [5.74, 6) is 0.158. The predicted octanol–water partition coefficient (Wildman–Crippen LogP) is 3.42. The summed E-state index contributed by atoms with van der Waals surface area (Å²) in [5, 5.41) is 0. The Morgan fingerprint density at radius 2 is 2.14 bits per heavy atom. The molecular formula is C16H17ClN2OS. The van der Waals surface area contributed by atoms with E-state index in [4.69, 9.17) is 11.6 Å². The molecule has 0 atom stereocenters. The van der Waals surface area contributed by atoms with E-state index in [9.17, 15) is 4.79 Å². The van der Waals surface area contributed by atoms with Crippen LogP contribution in [0.3, 0.4) is 0 Å². The highest BCUT2D eigenvalue weighted by Gasteiger charge is 2.24. The fourth-order valence-electron chi connectivity index (χ4n) is 2.67. The number of benzene rings is 1. The number of halogens is 1. The van der Waals surface area contributed by atoms with Crippen molar-refractivity contribution in [3.05, 3.63) is 51.2 Å². The first-order valence-corrected chi connectivity index (χ1v) is 8.14. The molecule has 3 rings (SSSR count). The van der Waals surface area contributed by atoms with E-state index < -0.39 is 0 Å². The zero-order chi connectivity index (χ0) is 14.8. The Labute approximate surface area is 133 Å². The highest BCUT2D eigenvalue weighted by atomic mass is 35.5. The van der Waals surface area contributed by atoms with Gasteiger partial charge in [-0.15, -0.1) is 11.3 Å². The molecule has 2 heterocycles. The van der Waals surface area contributed by atoms with Crippen LogP contribution in [0.4, 0.5) is 5.69 Å². The number of para-hydroxylation sites is 1. The van der Waals surface area contributed by atoms with Gasteiger partial charge in [-0.3, -0.25) is 9.69 Å². The molecule has 110 valence electrons. The number of hydrogen-bond donors (Lipinski definition) is 0. The average Bonchev–Trinajstić information content (AvgIpc) is 3.04. The Kier molecular flexibility index (Phi) is 4.29. The number of likely N-dealkylation sites (N-methyl/N-ethyl adjacent to an activating group) is 1. The molecule has 0 spiro atoms. The van der Waals surface area contributed by atoms with Crippen molar-refractivity contribution in [2.45, 2.75) is 13.0 Å². The van der Waals surface area contributed by atoms with Gasteiger partial charge in [0.25, 0.3) is 0 Å². The Hall–Kier alpha value is -1.36. The average molecular weight is 321 g/mol. The van der Waals surface area contributed by atoms with Crippen LogP contribution in [0.25, 0.3) is 0 Å². The SMILES string of the molecule is CN(CC(=O)N1CCc2ccccc21)Cc1ccc(Cl)s1. The fraction of sp³-hybridized carbons (Fsp3) is 0.312. The van der Waals surface area contributed by atoms with E-state index in [1.54, 1.807) is 11.3 Å². The van der Waals surface area contributed by atoms with Gasteiger partial charge in [0.05, 0.1) is 10.9 Å². The minimum atomic E-state index is 0.158. The van der Waals surface area contributed by atoms with Crippen molar-refractivity contribution >= 4 is 34.5 Å². The molecule has 1 aromatic carbocycles. The number of hydrogen-bond acceptors (Lipinski definition) is 3. The van der Waals surface area contributed by atoms with Crippen molar-refractivity contribution in [3.63, 3.8) is 0 Å². The number of thiophene rings is 1. The molecule has 0 unspecified atom stereocenters. The van der Waals surface area contributed by atoms with Gasteiger partial charge < -0.3 is 4.90 Å². The Balaban J connectivity index is 1.62. The molecule has 2 aromatic rings. The van der Waals surface area contributed by atoms with E-state index in [-0.39, 0.29) is 5.91 Å². The zero-order valence-electron chi connectivity index (χ0n) is 11.9. The summed E-state index contributed by atoms with van der Waals surface area (Å²) in [4.78, 5) is 17.6. The zero-order valence-corrected chi connectivity index (χ0v) is 13.5. The van der Waals surface area contributed by atoms with Crippen molar-refractivity contribution < 1.29 is 4.79 Å². The van der Waals surface area contributed by atoms with Crippen molar-refractivity contribution in [2.75, 3.05) is 25.0 Å². The molecule has 21 heavy (non-hydrogen) atoms. The molecule has 1 aromatic heterocycles. The monoisotopic (exact) mass is 320 g/mol. The number of carbonyl (C=O) groups excluding carboxylic acids is 1. The molecule has 0 N–H and O–H groups in total. The van der Waals surface area contributed by atoms with Crippen molar-refractivity contribution in [3.8, 4) is 0 Å². The molecule has 0 aliphatic carbocycles. The lowest BCUT2D eigenvalue weighted by Crippen LogP contribution is -2.37. The second-order valence-corrected chi connectivity index (χ2v) is 7.10. The molecule has 0 saturated heterocycles. The molecule has 1 aliphatic heterocycles. The Morgan fingerprint density at radius 3 is 2.90 bits per heavy atom. The van der Waals surface area contributed by atoms with Crippen LogP contribution in [-0.2, 0) is 17.8 Å². The van der Waals surface area contributed by atoms with Crippen molar-refractivity contribution in [1.82, 2.24) is 4.90 Å². The summed E-state index contributed by atoms with van der Waals surface area (Å²) in [5.41, 5.74) is 2.33. The third-order valence-electron chi connectivity index (χ3n) is 3.65. The van der Waals surface area contributed by atoms with Crippen LogP contribution >= 0.6 is 22.9 Å². The summed E-state index contributed by atoms with van der Waals surface area (Å²) >= 11 is 7.50. The van der Waals surface area contributed by atoms with E-state index in [0.29, 0.717) is 6.54 Å². The first-order chi connectivity index (χ1) is 10.1. The summed E-state index contributed by atoms with van der Waals surface area (Å²) in [6.45, 7) is 1.96. The van der Waals surface area contributed by atoms with Gasteiger partial charge in [-0.05, 0) is 37.2 Å². The summed E-state index contributed by atoms with van der Waals surface area (Å²) in [7, 11) is 1.97. The minimum Gasteiger partial charge on any atom is -0.311 e. The van der Waals surface area contributed by atoms with Crippen LogP contribution in [0.5, 0.6) is 0 Å². The minimum absolute atomic E-state index is 0.158. The molecule has 0 bridgehead atoms. The van der Waals surface area contributed by atoms with Crippen LogP contribution in [0, 0.1) is 0 Å². The molecule has 5 heteroatoms. The van der Waals surface area contributed by atoms with Crippen molar-refractivity contribution in [1.29, 1.82) is 0 Å². The number of nitrogens with zero attached hydrogens (tertiary/aromatic N) is 2. The lowest BCUT2D eigenvalue weighted by molar-refractivity contribution is -0.119. The van der Waals surface area contributed by atoms with Gasteiger partial charge in [0.15, 0.2) is 0 Å². The van der Waals surface area contributed by atoms with E-state index in [1.165, 1.54) is 10.4 Å². The Morgan fingerprint density at radius 1 is 1.33 bits per heavy atom. The van der Waals surface area contributed by atoms with Gasteiger partial charge in [0.2, 0.25) is 5.91 Å². The third kappa shape index (κ3) is 3.28. The van der Waals surface area contributed by atoms with E-state index in [1.807, 2.05) is 47.2 Å². The first kappa shape index (κ1) is 14.6. The number of carbonyl (C=O) groups is 1. The standard InChI is InChI=1S/C16H17ClN2OS/c1-18(10-13-6-7-15(17)21-13)11-16(20)19-9-8-12-4-2-3-5-14(12)19/h2-7H,8-11H2,1H3. The van der Waals surface area contributed by atoms with Crippen LogP contribution in [0.2, 0.25) is 4.34 Å². The molecule has 0 saturated carbocycles. The second-order valence-electron chi connectivity index (χ2n) is 5.30. The normalized spacial score (nSPS) is 13.8. The van der Waals surface area contributed by atoms with Crippen LogP contribution < -0.4 is 4.90 Å². The maximum Gasteiger partial charge on any atom is 0.241 e. The number of amides is 1. The molecular weight excluding hydrogens is 304 g/mol. The van der Waals surface area contributed by atoms with Gasteiger partial charge in [-0.1, -0.05) is 29.8 Å². The second kappa shape index (κ2) is 6.18. The number of rotatable bonds is 4. The highest BCUT2D eigenvalue weighted by molar-refractivity contribution is 7.16. The molecule has 0 fully saturated rings. The Bertz CT molecular complexity index is 655. The molecule has 3 nitrogen and oxygen atoms in total. The van der Waals surface area contributed by atoms with Gasteiger partial charge in [-0.25, -0.2) is 0 Å². The maximum atomic E-state index is 12.5. The summed E-state index contributed by atoms with van der Waals surface area (Å²) in [6, 6.07) is 12.0. The largest absolute Gasteiger partial charge is 0.311 e. The van der Waals surface area contributed by atoms with E-state index in [0.717, 1.165) is 29.5 Å². The number of anilines is 1. The topological polar surface area (TPSA) is 23.6 Å². The predicted molar refractivity (Wildman–Crippen MR) is 88.2 cm³/mol. The third-order valence-corrected chi connectivity index (χ3v) is 4.86. The van der Waals surface area contributed by atoms with E-state index in [2.05, 4.69) is 6.07 Å². The van der Waals surface area contributed by atoms with E-state index >= 15 is 0 Å².